The molecule has 1 heterocycles. The quantitative estimate of drug-likeness (QED) is 0.326. The van der Waals surface area contributed by atoms with Gasteiger partial charge in [0.2, 0.25) is 0 Å². The smallest absolute Gasteiger partial charge is 0.183 e. The number of hydrogen-bond acceptors (Lipinski definition) is 5. The van der Waals surface area contributed by atoms with E-state index in [-0.39, 0.29) is 0 Å². The second kappa shape index (κ2) is 3.04. The van der Waals surface area contributed by atoms with Crippen molar-refractivity contribution in [3.8, 4) is 0 Å². The van der Waals surface area contributed by atoms with Gasteiger partial charge in [0, 0.05) is 0 Å². The van der Waals surface area contributed by atoms with E-state index in [1.54, 1.807) is 0 Å². The number of aliphatic hydroxyl groups is 4. The molecule has 1 saturated heterocycles. The Bertz CT molecular complexity index is 125. The zero-order valence-corrected chi connectivity index (χ0v) is 6.08. The highest BCUT2D eigenvalue weighted by molar-refractivity contribution is 4.86. The van der Waals surface area contributed by atoms with Crippen LogP contribution in [0.2, 0.25) is 0 Å². The van der Waals surface area contributed by atoms with Gasteiger partial charge in [0.25, 0.3) is 0 Å². The first-order valence-corrected chi connectivity index (χ1v) is 3.41. The fraction of sp³-hybridized carbons (Fsp3) is 1.00. The van der Waals surface area contributed by atoms with Gasteiger partial charge < -0.3 is 25.2 Å². The van der Waals surface area contributed by atoms with Crippen molar-refractivity contribution in [2.45, 2.75) is 37.6 Å². The largest absolute Gasteiger partial charge is 0.388 e. The monoisotopic (exact) mass is 164 g/mol. The highest BCUT2D eigenvalue weighted by atomic mass is 16.6. The molecule has 4 unspecified atom stereocenters. The molecule has 0 saturated carbocycles. The third-order valence-corrected chi connectivity index (χ3v) is 1.83. The van der Waals surface area contributed by atoms with E-state index in [2.05, 4.69) is 4.74 Å². The van der Waals surface area contributed by atoms with E-state index >= 15 is 0 Å². The molecule has 66 valence electrons. The third-order valence-electron chi connectivity index (χ3n) is 1.83. The summed E-state index contributed by atoms with van der Waals surface area (Å²) in [4.78, 5) is 0. The van der Waals surface area contributed by atoms with E-state index in [0.29, 0.717) is 0 Å². The summed E-state index contributed by atoms with van der Waals surface area (Å²) >= 11 is 0. The summed E-state index contributed by atoms with van der Waals surface area (Å²) in [6.07, 6.45) is -5.99. The first-order valence-electron chi connectivity index (χ1n) is 3.41. The maximum absolute atomic E-state index is 9.09. The van der Waals surface area contributed by atoms with Crippen molar-refractivity contribution >= 4 is 0 Å². The van der Waals surface area contributed by atoms with E-state index in [1.165, 1.54) is 6.92 Å². The number of hydrogen-bond donors (Lipinski definition) is 4. The molecule has 0 bridgehead atoms. The Labute approximate surface area is 63.8 Å². The van der Waals surface area contributed by atoms with E-state index in [9.17, 15) is 0 Å². The van der Waals surface area contributed by atoms with E-state index in [4.69, 9.17) is 20.4 Å². The molecule has 4 N–H and O–H groups in total. The number of rotatable bonds is 0. The number of aliphatic hydroxyl groups excluding tert-OH is 4. The first-order chi connectivity index (χ1) is 5.04. The van der Waals surface area contributed by atoms with Crippen LogP contribution in [-0.2, 0) is 4.74 Å². The molecule has 5 nitrogen and oxygen atoms in total. The topological polar surface area (TPSA) is 90.2 Å². The average Bonchev–Trinajstić information content (AvgIpc) is 1.97. The Hall–Kier alpha value is -0.200. The lowest BCUT2D eigenvalue weighted by atomic mass is 10.0. The van der Waals surface area contributed by atoms with Gasteiger partial charge >= 0.3 is 0 Å². The molecule has 0 aromatic carbocycles. The van der Waals surface area contributed by atoms with Gasteiger partial charge in [-0.15, -0.1) is 0 Å². The van der Waals surface area contributed by atoms with Crippen molar-refractivity contribution < 1.29 is 25.2 Å². The van der Waals surface area contributed by atoms with Gasteiger partial charge in [0.1, 0.15) is 18.3 Å². The summed E-state index contributed by atoms with van der Waals surface area (Å²) in [6.45, 7) is 1.50. The van der Waals surface area contributed by atoms with Crippen LogP contribution in [0.25, 0.3) is 0 Å². The lowest BCUT2D eigenvalue weighted by Crippen LogP contribution is -2.56. The molecule has 5 atom stereocenters. The van der Waals surface area contributed by atoms with Crippen LogP contribution in [0, 0.1) is 0 Å². The fourth-order valence-corrected chi connectivity index (χ4v) is 1.03. The predicted molar refractivity (Wildman–Crippen MR) is 34.6 cm³/mol. The van der Waals surface area contributed by atoms with Crippen LogP contribution in [0.15, 0.2) is 0 Å². The lowest BCUT2D eigenvalue weighted by molar-refractivity contribution is -0.277. The molecular formula is C6H12O5. The highest BCUT2D eigenvalue weighted by Gasteiger charge is 2.40. The summed E-state index contributed by atoms with van der Waals surface area (Å²) in [5.41, 5.74) is 0. The Morgan fingerprint density at radius 1 is 0.909 bits per heavy atom. The van der Waals surface area contributed by atoms with Crippen molar-refractivity contribution in [3.05, 3.63) is 0 Å². The molecule has 5 heteroatoms. The van der Waals surface area contributed by atoms with Crippen molar-refractivity contribution in [1.82, 2.24) is 0 Å². The van der Waals surface area contributed by atoms with Gasteiger partial charge in [0.05, 0.1) is 6.10 Å². The zero-order chi connectivity index (χ0) is 8.59. The minimum atomic E-state index is -1.43. The van der Waals surface area contributed by atoms with Crippen molar-refractivity contribution in [2.75, 3.05) is 0 Å². The first kappa shape index (κ1) is 8.89. The van der Waals surface area contributed by atoms with E-state index < -0.39 is 30.7 Å². The molecule has 0 aliphatic carbocycles. The molecule has 1 fully saturated rings. The van der Waals surface area contributed by atoms with Crippen LogP contribution in [0.1, 0.15) is 6.92 Å². The molecule has 1 aliphatic rings. The van der Waals surface area contributed by atoms with E-state index in [1.807, 2.05) is 0 Å². The SMILES string of the molecule is CC1OC(O)C(O)C(O)[C@H]1O. The standard InChI is InChI=1S/C6H12O5/c1-2-3(7)4(8)5(9)6(10)11-2/h2-10H,1H3/t2?,3-,4?,5?,6?/m0/s1. The molecule has 0 radical (unpaired) electrons. The van der Waals surface area contributed by atoms with Gasteiger partial charge in [0.15, 0.2) is 6.29 Å². The summed E-state index contributed by atoms with van der Waals surface area (Å²) in [7, 11) is 0. The minimum absolute atomic E-state index is 0.664. The number of ether oxygens (including phenoxy) is 1. The Morgan fingerprint density at radius 2 is 1.45 bits per heavy atom. The maximum atomic E-state index is 9.09. The van der Waals surface area contributed by atoms with Gasteiger partial charge in [-0.1, -0.05) is 0 Å². The second-order valence-corrected chi connectivity index (χ2v) is 2.70. The zero-order valence-electron chi connectivity index (χ0n) is 6.08. The molecule has 0 aromatic heterocycles. The Kier molecular flexibility index (Phi) is 2.46. The second-order valence-electron chi connectivity index (χ2n) is 2.70. The Balaban J connectivity index is 2.63. The highest BCUT2D eigenvalue weighted by Crippen LogP contribution is 2.18. The van der Waals surface area contributed by atoms with Gasteiger partial charge in [-0.3, -0.25) is 0 Å². The average molecular weight is 164 g/mol. The summed E-state index contributed by atoms with van der Waals surface area (Å²) in [5, 5.41) is 36.0. The molecular weight excluding hydrogens is 152 g/mol. The molecule has 11 heavy (non-hydrogen) atoms. The van der Waals surface area contributed by atoms with Crippen LogP contribution in [-0.4, -0.2) is 51.1 Å². The van der Waals surface area contributed by atoms with Crippen LogP contribution in [0.3, 0.4) is 0 Å². The molecule has 0 spiro atoms. The fourth-order valence-electron chi connectivity index (χ4n) is 1.03. The van der Waals surface area contributed by atoms with Gasteiger partial charge in [-0.05, 0) is 6.92 Å². The summed E-state index contributed by atoms with van der Waals surface area (Å²) in [5.74, 6) is 0. The normalized spacial score (nSPS) is 52.6. The van der Waals surface area contributed by atoms with Gasteiger partial charge in [-0.25, -0.2) is 0 Å². The molecule has 1 aliphatic heterocycles. The van der Waals surface area contributed by atoms with Crippen LogP contribution < -0.4 is 0 Å². The van der Waals surface area contributed by atoms with Crippen LogP contribution in [0.4, 0.5) is 0 Å². The molecule has 0 aromatic rings. The summed E-state index contributed by atoms with van der Waals surface area (Å²) in [6, 6.07) is 0. The maximum Gasteiger partial charge on any atom is 0.183 e. The minimum Gasteiger partial charge on any atom is -0.388 e. The summed E-state index contributed by atoms with van der Waals surface area (Å²) < 4.78 is 4.68. The van der Waals surface area contributed by atoms with Gasteiger partial charge in [-0.2, -0.15) is 0 Å². The lowest BCUT2D eigenvalue weighted by Gasteiger charge is -2.36. The Morgan fingerprint density at radius 3 is 2.00 bits per heavy atom. The van der Waals surface area contributed by atoms with Crippen molar-refractivity contribution in [3.63, 3.8) is 0 Å². The molecule has 1 rings (SSSR count). The van der Waals surface area contributed by atoms with Crippen molar-refractivity contribution in [1.29, 1.82) is 0 Å². The van der Waals surface area contributed by atoms with Crippen molar-refractivity contribution in [2.24, 2.45) is 0 Å². The molecule has 0 amide bonds. The van der Waals surface area contributed by atoms with E-state index in [0.717, 1.165) is 0 Å². The van der Waals surface area contributed by atoms with Crippen LogP contribution >= 0.6 is 0 Å². The third kappa shape index (κ3) is 1.52. The predicted octanol–water partition coefficient (Wildman–Crippen LogP) is -2.19. The van der Waals surface area contributed by atoms with Crippen LogP contribution in [0.5, 0.6) is 0 Å².